The van der Waals surface area contributed by atoms with Gasteiger partial charge in [0.1, 0.15) is 11.1 Å². The minimum atomic E-state index is -0.985. The van der Waals surface area contributed by atoms with E-state index in [4.69, 9.17) is 9.72 Å². The van der Waals surface area contributed by atoms with Crippen molar-refractivity contribution in [3.63, 3.8) is 0 Å². The molecule has 5 rings (SSSR count). The Labute approximate surface area is 184 Å². The Morgan fingerprint density at radius 1 is 1.25 bits per heavy atom. The normalized spacial score (nSPS) is 15.7. The zero-order valence-electron chi connectivity index (χ0n) is 18.2. The Bertz CT molecular complexity index is 1460. The van der Waals surface area contributed by atoms with Crippen molar-refractivity contribution in [1.82, 2.24) is 24.1 Å². The van der Waals surface area contributed by atoms with E-state index in [2.05, 4.69) is 21.4 Å². The molecule has 0 spiro atoms. The van der Waals surface area contributed by atoms with Gasteiger partial charge in [0.2, 0.25) is 5.95 Å². The van der Waals surface area contributed by atoms with Gasteiger partial charge < -0.3 is 10.1 Å². The fourth-order valence-electron chi connectivity index (χ4n) is 4.51. The lowest BCUT2D eigenvalue weighted by atomic mass is 9.91. The second-order valence-electron chi connectivity index (χ2n) is 8.22. The van der Waals surface area contributed by atoms with Gasteiger partial charge in [-0.05, 0) is 37.1 Å². The first-order chi connectivity index (χ1) is 15.4. The van der Waals surface area contributed by atoms with Crippen LogP contribution in [0.4, 0.5) is 11.6 Å². The van der Waals surface area contributed by atoms with Crippen LogP contribution in [0.25, 0.3) is 22.1 Å². The van der Waals surface area contributed by atoms with Crippen LogP contribution in [0.2, 0.25) is 0 Å². The maximum Gasteiger partial charge on any atom is 0.331 e. The number of nitrogens with one attached hydrogen (secondary N) is 1. The van der Waals surface area contributed by atoms with Gasteiger partial charge in [0, 0.05) is 50.4 Å². The summed E-state index contributed by atoms with van der Waals surface area (Å²) in [7, 11) is 1.67. The molecule has 1 N–H and O–H groups in total. The highest BCUT2D eigenvalue weighted by Crippen LogP contribution is 2.32. The van der Waals surface area contributed by atoms with E-state index in [1.54, 1.807) is 19.4 Å². The van der Waals surface area contributed by atoms with Crippen molar-refractivity contribution in [1.29, 1.82) is 5.26 Å². The molecule has 9 heteroatoms. The number of aromatic nitrogens is 5. The van der Waals surface area contributed by atoms with E-state index in [1.807, 2.05) is 32.0 Å². The third-order valence-corrected chi connectivity index (χ3v) is 6.36. The first-order valence-electron chi connectivity index (χ1n) is 10.5. The average Bonchev–Trinajstić information content (AvgIpc) is 3.07. The van der Waals surface area contributed by atoms with Gasteiger partial charge in [-0.1, -0.05) is 6.07 Å². The number of pyridine rings is 1. The van der Waals surface area contributed by atoms with Gasteiger partial charge in [-0.2, -0.15) is 10.2 Å². The molecule has 162 valence electrons. The first kappa shape index (κ1) is 20.2. The number of nitriles is 1. The van der Waals surface area contributed by atoms with Gasteiger partial charge in [-0.25, -0.2) is 9.78 Å². The molecule has 1 aliphatic rings. The molecule has 1 fully saturated rings. The van der Waals surface area contributed by atoms with Crippen LogP contribution >= 0.6 is 0 Å². The Hall–Kier alpha value is -3.77. The van der Waals surface area contributed by atoms with E-state index in [9.17, 15) is 10.1 Å². The summed E-state index contributed by atoms with van der Waals surface area (Å²) in [6.45, 7) is 4.89. The Kier molecular flexibility index (Phi) is 4.68. The van der Waals surface area contributed by atoms with Crippen molar-refractivity contribution < 1.29 is 4.74 Å². The zero-order valence-corrected chi connectivity index (χ0v) is 18.2. The second-order valence-corrected chi connectivity index (χ2v) is 8.22. The van der Waals surface area contributed by atoms with Crippen LogP contribution in [0.3, 0.4) is 0 Å². The van der Waals surface area contributed by atoms with Gasteiger partial charge in [-0.3, -0.25) is 14.1 Å². The molecule has 0 saturated carbocycles. The van der Waals surface area contributed by atoms with Crippen LogP contribution in [0.5, 0.6) is 0 Å². The number of aryl methyl sites for hydroxylation is 3. The highest BCUT2D eigenvalue weighted by atomic mass is 16.5. The van der Waals surface area contributed by atoms with Crippen LogP contribution in [-0.2, 0) is 17.3 Å². The summed E-state index contributed by atoms with van der Waals surface area (Å²) in [4.78, 5) is 26.7. The van der Waals surface area contributed by atoms with E-state index in [1.165, 1.54) is 9.13 Å². The number of benzene rings is 1. The Balaban J connectivity index is 1.66. The molecular weight excluding hydrogens is 406 g/mol. The summed E-state index contributed by atoms with van der Waals surface area (Å²) in [5, 5.41) is 14.4. The van der Waals surface area contributed by atoms with Gasteiger partial charge in [0.25, 0.3) is 0 Å². The second kappa shape index (κ2) is 7.43. The average molecular weight is 429 g/mol. The molecule has 1 saturated heterocycles. The highest BCUT2D eigenvalue weighted by molar-refractivity contribution is 5.89. The lowest BCUT2D eigenvalue weighted by molar-refractivity contribution is 0.0448. The molecule has 0 amide bonds. The van der Waals surface area contributed by atoms with E-state index in [0.717, 1.165) is 27.7 Å². The van der Waals surface area contributed by atoms with Crippen LogP contribution in [0.1, 0.15) is 24.0 Å². The molecule has 0 aliphatic carbocycles. The quantitative estimate of drug-likeness (QED) is 0.533. The largest absolute Gasteiger partial charge is 0.381 e. The van der Waals surface area contributed by atoms with Crippen molar-refractivity contribution >= 4 is 33.7 Å². The van der Waals surface area contributed by atoms with Crippen molar-refractivity contribution in [2.75, 3.05) is 18.5 Å². The maximum atomic E-state index is 13.1. The summed E-state index contributed by atoms with van der Waals surface area (Å²) in [5.74, 6) is 0.367. The minimum Gasteiger partial charge on any atom is -0.381 e. The zero-order chi connectivity index (χ0) is 22.5. The number of anilines is 2. The SMILES string of the molecule is Cc1cc2ncccc2c(C)c1Nc1ncc2c(n1)n(C1(C#N)CCOCC1)c(=O)n2C. The van der Waals surface area contributed by atoms with E-state index < -0.39 is 5.54 Å². The molecule has 0 bridgehead atoms. The number of fused-ring (bicyclic) bond motifs is 2. The standard InChI is InChI=1S/C23H23N7O2/c1-14-11-17-16(5-4-8-25-17)15(2)19(14)27-21-26-12-18-20(28-21)30(22(31)29(18)3)23(13-24)6-9-32-10-7-23/h4-5,8,11-12H,6-7,9-10H2,1-3H3,(H,26,27,28). The third-order valence-electron chi connectivity index (χ3n) is 6.36. The van der Waals surface area contributed by atoms with Gasteiger partial charge in [0.15, 0.2) is 5.65 Å². The molecule has 3 aromatic heterocycles. The van der Waals surface area contributed by atoms with Crippen LogP contribution in [0, 0.1) is 25.2 Å². The van der Waals surface area contributed by atoms with E-state index in [-0.39, 0.29) is 5.69 Å². The molecule has 1 aliphatic heterocycles. The van der Waals surface area contributed by atoms with Gasteiger partial charge in [-0.15, -0.1) is 0 Å². The minimum absolute atomic E-state index is 0.279. The summed E-state index contributed by atoms with van der Waals surface area (Å²) >= 11 is 0. The van der Waals surface area contributed by atoms with Crippen LogP contribution in [-0.4, -0.2) is 37.3 Å². The number of rotatable bonds is 3. The lowest BCUT2D eigenvalue weighted by Crippen LogP contribution is -2.44. The monoisotopic (exact) mass is 429 g/mol. The predicted octanol–water partition coefficient (Wildman–Crippen LogP) is 3.07. The number of nitrogens with zero attached hydrogens (tertiary/aromatic N) is 6. The summed E-state index contributed by atoms with van der Waals surface area (Å²) in [6.07, 6.45) is 4.28. The predicted molar refractivity (Wildman–Crippen MR) is 121 cm³/mol. The highest BCUT2D eigenvalue weighted by Gasteiger charge is 2.38. The maximum absolute atomic E-state index is 13.1. The number of imidazole rings is 1. The number of ether oxygens (including phenoxy) is 1. The molecular formula is C23H23N7O2. The van der Waals surface area contributed by atoms with Crippen LogP contribution in [0.15, 0.2) is 35.4 Å². The molecule has 9 nitrogen and oxygen atoms in total. The summed E-state index contributed by atoms with van der Waals surface area (Å²) < 4.78 is 8.46. The Morgan fingerprint density at radius 2 is 2.03 bits per heavy atom. The first-order valence-corrected chi connectivity index (χ1v) is 10.5. The molecule has 0 atom stereocenters. The molecule has 1 aromatic carbocycles. The van der Waals surface area contributed by atoms with Gasteiger partial charge >= 0.3 is 5.69 Å². The van der Waals surface area contributed by atoms with Crippen molar-refractivity contribution in [3.8, 4) is 6.07 Å². The third kappa shape index (κ3) is 2.95. The lowest BCUT2D eigenvalue weighted by Gasteiger charge is -2.31. The Morgan fingerprint density at radius 3 is 2.78 bits per heavy atom. The fraction of sp³-hybridized carbons (Fsp3) is 0.348. The van der Waals surface area contributed by atoms with E-state index >= 15 is 0 Å². The smallest absolute Gasteiger partial charge is 0.331 e. The molecule has 0 unspecified atom stereocenters. The van der Waals surface area contributed by atoms with Crippen LogP contribution < -0.4 is 11.0 Å². The molecule has 0 radical (unpaired) electrons. The van der Waals surface area contributed by atoms with Crippen molar-refractivity contribution in [2.45, 2.75) is 32.2 Å². The van der Waals surface area contributed by atoms with Gasteiger partial charge in [0.05, 0.1) is 17.8 Å². The number of hydrogen-bond donors (Lipinski definition) is 1. The van der Waals surface area contributed by atoms with Crippen molar-refractivity contribution in [2.24, 2.45) is 7.05 Å². The topological polar surface area (TPSA) is 111 Å². The van der Waals surface area contributed by atoms with E-state index in [0.29, 0.717) is 43.2 Å². The number of hydrogen-bond acceptors (Lipinski definition) is 7. The molecule has 32 heavy (non-hydrogen) atoms. The summed E-state index contributed by atoms with van der Waals surface area (Å²) in [6, 6.07) is 8.33. The molecule has 4 aromatic rings. The summed E-state index contributed by atoms with van der Waals surface area (Å²) in [5.41, 5.74) is 3.64. The van der Waals surface area contributed by atoms with Crippen molar-refractivity contribution in [3.05, 3.63) is 52.2 Å². The molecule has 4 heterocycles. The fourth-order valence-corrected chi connectivity index (χ4v) is 4.51.